The number of ether oxygens (including phenoxy) is 2. The van der Waals surface area contributed by atoms with Gasteiger partial charge in [0.15, 0.2) is 0 Å². The summed E-state index contributed by atoms with van der Waals surface area (Å²) in [6, 6.07) is 7.11. The first-order valence-corrected chi connectivity index (χ1v) is 8.18. The molecule has 1 aliphatic rings. The third-order valence-electron chi connectivity index (χ3n) is 3.90. The lowest BCUT2D eigenvalue weighted by atomic mass is 10.0. The van der Waals surface area contributed by atoms with Crippen molar-refractivity contribution in [2.24, 2.45) is 0 Å². The highest BCUT2D eigenvalue weighted by Gasteiger charge is 2.22. The van der Waals surface area contributed by atoms with Gasteiger partial charge in [-0.25, -0.2) is 4.79 Å². The molecular formula is C17H25N3O4. The summed E-state index contributed by atoms with van der Waals surface area (Å²) in [5.74, 6) is 0.566. The van der Waals surface area contributed by atoms with Crippen molar-refractivity contribution in [3.63, 3.8) is 0 Å². The van der Waals surface area contributed by atoms with Gasteiger partial charge in [0.05, 0.1) is 31.8 Å². The third-order valence-corrected chi connectivity index (χ3v) is 3.90. The van der Waals surface area contributed by atoms with Gasteiger partial charge >= 0.3 is 6.03 Å². The summed E-state index contributed by atoms with van der Waals surface area (Å²) in [5.41, 5.74) is 0.965. The molecule has 1 aromatic carbocycles. The van der Waals surface area contributed by atoms with Crippen LogP contribution in [-0.4, -0.2) is 44.8 Å². The Bertz CT molecular complexity index is 565. The van der Waals surface area contributed by atoms with E-state index in [4.69, 9.17) is 9.47 Å². The maximum atomic E-state index is 12.1. The highest BCUT2D eigenvalue weighted by Crippen LogP contribution is 2.31. The van der Waals surface area contributed by atoms with E-state index in [0.717, 1.165) is 17.7 Å². The first kappa shape index (κ1) is 18.1. The molecule has 24 heavy (non-hydrogen) atoms. The van der Waals surface area contributed by atoms with Gasteiger partial charge in [0.25, 0.3) is 0 Å². The molecule has 132 valence electrons. The third kappa shape index (κ3) is 5.13. The van der Waals surface area contributed by atoms with E-state index in [-0.39, 0.29) is 30.6 Å². The average molecular weight is 335 g/mol. The fraction of sp³-hybridized carbons (Fsp3) is 0.529. The van der Waals surface area contributed by atoms with E-state index in [9.17, 15) is 9.59 Å². The van der Waals surface area contributed by atoms with Crippen molar-refractivity contribution in [2.75, 3.05) is 26.9 Å². The maximum absolute atomic E-state index is 12.1. The molecule has 3 N–H and O–H groups in total. The summed E-state index contributed by atoms with van der Waals surface area (Å²) < 4.78 is 10.6. The minimum absolute atomic E-state index is 0.0690. The molecule has 0 fully saturated rings. The molecule has 0 saturated carbocycles. The van der Waals surface area contributed by atoms with Crippen LogP contribution in [0.5, 0.6) is 5.75 Å². The number of para-hydroxylation sites is 1. The molecule has 7 heteroatoms. The monoisotopic (exact) mass is 335 g/mol. The van der Waals surface area contributed by atoms with Crippen LogP contribution in [-0.2, 0) is 9.53 Å². The van der Waals surface area contributed by atoms with Crippen molar-refractivity contribution in [1.82, 2.24) is 16.0 Å². The molecule has 7 nitrogen and oxygen atoms in total. The quantitative estimate of drug-likeness (QED) is 0.702. The van der Waals surface area contributed by atoms with Crippen molar-refractivity contribution in [3.05, 3.63) is 29.8 Å². The van der Waals surface area contributed by atoms with Crippen molar-refractivity contribution in [1.29, 1.82) is 0 Å². The van der Waals surface area contributed by atoms with Crippen LogP contribution in [0.1, 0.15) is 31.4 Å². The summed E-state index contributed by atoms with van der Waals surface area (Å²) in [5, 5.41) is 8.27. The molecule has 2 atom stereocenters. The van der Waals surface area contributed by atoms with E-state index >= 15 is 0 Å². The Balaban J connectivity index is 1.79. The summed E-state index contributed by atoms with van der Waals surface area (Å²) >= 11 is 0. The van der Waals surface area contributed by atoms with Crippen LogP contribution in [0.25, 0.3) is 0 Å². The molecule has 0 saturated heterocycles. The van der Waals surface area contributed by atoms with Crippen LogP contribution in [0.15, 0.2) is 24.3 Å². The smallest absolute Gasteiger partial charge is 0.315 e. The zero-order chi connectivity index (χ0) is 17.4. The summed E-state index contributed by atoms with van der Waals surface area (Å²) in [7, 11) is 1.58. The molecule has 1 aromatic rings. The average Bonchev–Trinajstić information content (AvgIpc) is 2.60. The second-order valence-electron chi connectivity index (χ2n) is 5.68. The standard InChI is InChI=1S/C17H25N3O4/c1-3-12(11-23-2)19-17(22)18-10-16(21)20-14-8-9-24-15-7-5-4-6-13(14)15/h4-7,12,14H,3,8-11H2,1-2H3,(H,20,21)(H2,18,19,22). The lowest BCUT2D eigenvalue weighted by Gasteiger charge is -2.26. The molecule has 0 aliphatic carbocycles. The molecule has 0 spiro atoms. The Morgan fingerprint density at radius 1 is 1.38 bits per heavy atom. The topological polar surface area (TPSA) is 88.7 Å². The fourth-order valence-electron chi connectivity index (χ4n) is 2.60. The maximum Gasteiger partial charge on any atom is 0.315 e. The van der Waals surface area contributed by atoms with Gasteiger partial charge < -0.3 is 25.4 Å². The van der Waals surface area contributed by atoms with Crippen LogP contribution in [0.3, 0.4) is 0 Å². The first-order chi connectivity index (χ1) is 11.6. The molecule has 0 radical (unpaired) electrons. The van der Waals surface area contributed by atoms with Crippen LogP contribution in [0, 0.1) is 0 Å². The number of nitrogens with one attached hydrogen (secondary N) is 3. The van der Waals surface area contributed by atoms with Crippen LogP contribution >= 0.6 is 0 Å². The number of hydrogen-bond donors (Lipinski definition) is 3. The zero-order valence-corrected chi connectivity index (χ0v) is 14.1. The Kier molecular flexibility index (Phi) is 6.87. The van der Waals surface area contributed by atoms with Gasteiger partial charge in [-0.1, -0.05) is 25.1 Å². The fourth-order valence-corrected chi connectivity index (χ4v) is 2.60. The van der Waals surface area contributed by atoms with Crippen molar-refractivity contribution in [3.8, 4) is 5.75 Å². The van der Waals surface area contributed by atoms with Gasteiger partial charge in [-0.05, 0) is 12.5 Å². The number of urea groups is 1. The second kappa shape index (κ2) is 9.12. The van der Waals surface area contributed by atoms with E-state index in [2.05, 4.69) is 16.0 Å². The number of amides is 3. The SMILES string of the molecule is CCC(COC)NC(=O)NCC(=O)NC1CCOc2ccccc21. The van der Waals surface area contributed by atoms with Crippen molar-refractivity contribution < 1.29 is 19.1 Å². The Morgan fingerprint density at radius 2 is 2.17 bits per heavy atom. The summed E-state index contributed by atoms with van der Waals surface area (Å²) in [4.78, 5) is 23.9. The van der Waals surface area contributed by atoms with Gasteiger partial charge in [-0.2, -0.15) is 0 Å². The Labute approximate surface area is 142 Å². The number of carbonyl (C=O) groups excluding carboxylic acids is 2. The molecule has 1 heterocycles. The van der Waals surface area contributed by atoms with Gasteiger partial charge in [-0.15, -0.1) is 0 Å². The summed E-state index contributed by atoms with van der Waals surface area (Å²) in [6.45, 7) is 2.88. The molecule has 0 aromatic heterocycles. The first-order valence-electron chi connectivity index (χ1n) is 8.18. The van der Waals surface area contributed by atoms with E-state index in [1.807, 2.05) is 31.2 Å². The van der Waals surface area contributed by atoms with Gasteiger partial charge in [0, 0.05) is 19.1 Å². The lowest BCUT2D eigenvalue weighted by Crippen LogP contribution is -2.47. The lowest BCUT2D eigenvalue weighted by molar-refractivity contribution is -0.121. The number of hydrogen-bond acceptors (Lipinski definition) is 4. The molecule has 0 bridgehead atoms. The predicted octanol–water partition coefficient (Wildman–Crippen LogP) is 1.35. The molecule has 2 unspecified atom stereocenters. The number of benzene rings is 1. The van der Waals surface area contributed by atoms with Crippen molar-refractivity contribution in [2.45, 2.75) is 31.8 Å². The van der Waals surface area contributed by atoms with Gasteiger partial charge in [0.1, 0.15) is 5.75 Å². The molecule has 2 rings (SSSR count). The molecule has 3 amide bonds. The van der Waals surface area contributed by atoms with Crippen LogP contribution in [0.4, 0.5) is 4.79 Å². The molecule has 1 aliphatic heterocycles. The number of rotatable bonds is 7. The van der Waals surface area contributed by atoms with Gasteiger partial charge in [-0.3, -0.25) is 4.79 Å². The molecular weight excluding hydrogens is 310 g/mol. The summed E-state index contributed by atoms with van der Waals surface area (Å²) in [6.07, 6.45) is 1.47. The zero-order valence-electron chi connectivity index (χ0n) is 14.1. The highest BCUT2D eigenvalue weighted by atomic mass is 16.5. The van der Waals surface area contributed by atoms with Crippen molar-refractivity contribution >= 4 is 11.9 Å². The van der Waals surface area contributed by atoms with Crippen LogP contribution < -0.4 is 20.7 Å². The van der Waals surface area contributed by atoms with E-state index < -0.39 is 0 Å². The van der Waals surface area contributed by atoms with Gasteiger partial charge in [0.2, 0.25) is 5.91 Å². The van der Waals surface area contributed by atoms with E-state index in [0.29, 0.717) is 19.6 Å². The number of methoxy groups -OCH3 is 1. The number of carbonyl (C=O) groups is 2. The number of fused-ring (bicyclic) bond motifs is 1. The second-order valence-corrected chi connectivity index (χ2v) is 5.68. The van der Waals surface area contributed by atoms with Crippen LogP contribution in [0.2, 0.25) is 0 Å². The van der Waals surface area contributed by atoms with E-state index in [1.54, 1.807) is 7.11 Å². The predicted molar refractivity (Wildman–Crippen MR) is 89.9 cm³/mol. The van der Waals surface area contributed by atoms with E-state index in [1.165, 1.54) is 0 Å². The largest absolute Gasteiger partial charge is 0.493 e. The Morgan fingerprint density at radius 3 is 2.92 bits per heavy atom. The minimum atomic E-state index is -0.374. The highest BCUT2D eigenvalue weighted by molar-refractivity contribution is 5.84. The normalized spacial score (nSPS) is 17.2. The minimum Gasteiger partial charge on any atom is -0.493 e. The Hall–Kier alpha value is -2.28.